The summed E-state index contributed by atoms with van der Waals surface area (Å²) in [7, 11) is 0. The van der Waals surface area contributed by atoms with Crippen LogP contribution in [0.1, 0.15) is 5.56 Å². The first kappa shape index (κ1) is 13.9. The van der Waals surface area contributed by atoms with E-state index in [-0.39, 0.29) is 12.4 Å². The van der Waals surface area contributed by atoms with Crippen molar-refractivity contribution in [3.63, 3.8) is 0 Å². The summed E-state index contributed by atoms with van der Waals surface area (Å²) in [6.07, 6.45) is 1.10. The van der Waals surface area contributed by atoms with E-state index < -0.39 is 0 Å². The van der Waals surface area contributed by atoms with E-state index in [2.05, 4.69) is 24.3 Å². The summed E-state index contributed by atoms with van der Waals surface area (Å²) in [5.41, 5.74) is 1.38. The first-order valence-electron chi connectivity index (χ1n) is 5.35. The Balaban J connectivity index is 0.00000144. The lowest BCUT2D eigenvalue weighted by Crippen LogP contribution is -3.00. The molecule has 17 heavy (non-hydrogen) atoms. The molecule has 0 aliphatic carbocycles. The van der Waals surface area contributed by atoms with Crippen molar-refractivity contribution in [3.05, 3.63) is 60.2 Å². The fraction of sp³-hybridized carbons (Fsp3) is 0.143. The van der Waals surface area contributed by atoms with Gasteiger partial charge in [-0.05, 0) is 29.8 Å². The third-order valence-corrected chi connectivity index (χ3v) is 3.50. The number of hydrogen-bond donors (Lipinski definition) is 1. The Kier molecular flexibility index (Phi) is 5.95. The minimum atomic E-state index is 0. The molecule has 90 valence electrons. The molecule has 0 atom stereocenters. The quantitative estimate of drug-likeness (QED) is 0.601. The molecule has 0 heterocycles. The van der Waals surface area contributed by atoms with Gasteiger partial charge in [0.15, 0.2) is 4.90 Å². The van der Waals surface area contributed by atoms with Gasteiger partial charge >= 0.3 is 0 Å². The van der Waals surface area contributed by atoms with Crippen LogP contribution in [0.2, 0.25) is 0 Å². The van der Waals surface area contributed by atoms with Crippen LogP contribution in [0.3, 0.4) is 0 Å². The topological polar surface area (TPSA) is 20.2 Å². The Morgan fingerprint density at radius 3 is 2.18 bits per heavy atom. The smallest absolute Gasteiger partial charge is 0.152 e. The SMILES string of the molecule is Oc1ccc([SH+]CCc2ccccc2)cc1.[Cl-]. The van der Waals surface area contributed by atoms with Crippen molar-refractivity contribution in [1.29, 1.82) is 0 Å². The van der Waals surface area contributed by atoms with Gasteiger partial charge < -0.3 is 17.5 Å². The molecular weight excluding hydrogens is 252 g/mol. The first-order chi connectivity index (χ1) is 7.84. The van der Waals surface area contributed by atoms with Crippen molar-refractivity contribution in [3.8, 4) is 5.75 Å². The highest BCUT2D eigenvalue weighted by atomic mass is 35.5. The number of aromatic hydroxyl groups is 1. The molecule has 2 aromatic rings. The van der Waals surface area contributed by atoms with Gasteiger partial charge in [0.1, 0.15) is 11.5 Å². The number of halogens is 1. The molecule has 2 rings (SSSR count). The molecule has 0 fully saturated rings. The molecule has 0 radical (unpaired) electrons. The standard InChI is InChI=1S/C14H14OS.ClH/c15-13-6-8-14(9-7-13)16-11-10-12-4-2-1-3-5-12;/h1-9,15H,10-11H2;1H. The van der Waals surface area contributed by atoms with Crippen molar-refractivity contribution in [1.82, 2.24) is 0 Å². The second-order valence-corrected chi connectivity index (χ2v) is 4.91. The van der Waals surface area contributed by atoms with Gasteiger partial charge in [0.05, 0.1) is 0 Å². The molecule has 0 spiro atoms. The summed E-state index contributed by atoms with van der Waals surface area (Å²) in [5.74, 6) is 1.46. The number of aryl methyl sites for hydroxylation is 1. The van der Waals surface area contributed by atoms with Crippen LogP contribution in [0.15, 0.2) is 59.5 Å². The lowest BCUT2D eigenvalue weighted by molar-refractivity contribution is -0.00000421. The van der Waals surface area contributed by atoms with E-state index in [1.165, 1.54) is 22.2 Å². The van der Waals surface area contributed by atoms with Crippen molar-refractivity contribution < 1.29 is 17.5 Å². The molecule has 0 amide bonds. The van der Waals surface area contributed by atoms with E-state index in [9.17, 15) is 0 Å². The zero-order chi connectivity index (χ0) is 11.2. The van der Waals surface area contributed by atoms with Gasteiger partial charge in [-0.15, -0.1) is 0 Å². The zero-order valence-electron chi connectivity index (χ0n) is 9.38. The van der Waals surface area contributed by atoms with Crippen LogP contribution in [-0.4, -0.2) is 10.9 Å². The maximum Gasteiger partial charge on any atom is 0.152 e. The Morgan fingerprint density at radius 1 is 0.882 bits per heavy atom. The van der Waals surface area contributed by atoms with Crippen LogP contribution < -0.4 is 12.4 Å². The Bertz CT molecular complexity index is 428. The molecule has 0 aliphatic heterocycles. The lowest BCUT2D eigenvalue weighted by Gasteiger charge is -1.96. The van der Waals surface area contributed by atoms with Gasteiger partial charge in [0, 0.05) is 18.2 Å². The lowest BCUT2D eigenvalue weighted by atomic mass is 10.2. The molecule has 0 unspecified atom stereocenters. The van der Waals surface area contributed by atoms with Crippen LogP contribution in [0.25, 0.3) is 0 Å². The van der Waals surface area contributed by atoms with Crippen LogP contribution in [0.4, 0.5) is 0 Å². The van der Waals surface area contributed by atoms with Crippen LogP contribution in [-0.2, 0) is 18.2 Å². The van der Waals surface area contributed by atoms with Crippen molar-refractivity contribution in [2.75, 3.05) is 5.75 Å². The summed E-state index contributed by atoms with van der Waals surface area (Å²) >= 11 is 1.31. The number of phenols is 1. The largest absolute Gasteiger partial charge is 1.00 e. The monoisotopic (exact) mass is 266 g/mol. The maximum absolute atomic E-state index is 9.16. The molecule has 0 saturated carbocycles. The molecule has 0 saturated heterocycles. The Hall–Kier alpha value is -1.12. The zero-order valence-corrected chi connectivity index (χ0v) is 11.0. The first-order valence-corrected chi connectivity index (χ1v) is 6.43. The van der Waals surface area contributed by atoms with E-state index in [4.69, 9.17) is 5.11 Å². The summed E-state index contributed by atoms with van der Waals surface area (Å²) in [6, 6.07) is 17.9. The van der Waals surface area contributed by atoms with Gasteiger partial charge in [0.2, 0.25) is 0 Å². The van der Waals surface area contributed by atoms with E-state index >= 15 is 0 Å². The van der Waals surface area contributed by atoms with E-state index in [1.807, 2.05) is 18.2 Å². The van der Waals surface area contributed by atoms with E-state index in [0.717, 1.165) is 12.2 Å². The summed E-state index contributed by atoms with van der Waals surface area (Å²) < 4.78 is 0. The van der Waals surface area contributed by atoms with E-state index in [1.54, 1.807) is 12.1 Å². The molecule has 2 aromatic carbocycles. The molecule has 0 bridgehead atoms. The highest BCUT2D eigenvalue weighted by molar-refractivity contribution is 7.78. The predicted molar refractivity (Wildman–Crippen MR) is 70.1 cm³/mol. The van der Waals surface area contributed by atoms with Crippen molar-refractivity contribution >= 4 is 11.8 Å². The molecule has 0 aliphatic rings. The number of thiol groups is 1. The maximum atomic E-state index is 9.16. The Labute approximate surface area is 112 Å². The second kappa shape index (κ2) is 7.25. The summed E-state index contributed by atoms with van der Waals surface area (Å²) in [5, 5.41) is 9.16. The normalized spacial score (nSPS) is 9.65. The van der Waals surface area contributed by atoms with Gasteiger partial charge in [-0.2, -0.15) is 0 Å². The van der Waals surface area contributed by atoms with Gasteiger partial charge in [-0.25, -0.2) is 0 Å². The van der Waals surface area contributed by atoms with Gasteiger partial charge in [-0.3, -0.25) is 0 Å². The van der Waals surface area contributed by atoms with E-state index in [0.29, 0.717) is 5.75 Å². The highest BCUT2D eigenvalue weighted by Crippen LogP contribution is 2.11. The van der Waals surface area contributed by atoms with Crippen molar-refractivity contribution in [2.24, 2.45) is 0 Å². The fourth-order valence-electron chi connectivity index (χ4n) is 1.52. The van der Waals surface area contributed by atoms with Gasteiger partial charge in [-0.1, -0.05) is 30.3 Å². The number of rotatable bonds is 4. The molecule has 3 heteroatoms. The summed E-state index contributed by atoms with van der Waals surface area (Å²) in [6.45, 7) is 0. The second-order valence-electron chi connectivity index (χ2n) is 3.63. The third-order valence-electron chi connectivity index (χ3n) is 2.39. The molecular formula is C14H15ClOS. The Morgan fingerprint density at radius 2 is 1.53 bits per heavy atom. The predicted octanol–water partition coefficient (Wildman–Crippen LogP) is -0.187. The molecule has 1 nitrogen and oxygen atoms in total. The van der Waals surface area contributed by atoms with Crippen LogP contribution in [0.5, 0.6) is 5.75 Å². The van der Waals surface area contributed by atoms with Crippen molar-refractivity contribution in [2.45, 2.75) is 11.3 Å². The number of phenolic OH excluding ortho intramolecular Hbond substituents is 1. The molecule has 0 aromatic heterocycles. The average molecular weight is 267 g/mol. The average Bonchev–Trinajstić information content (AvgIpc) is 2.33. The summed E-state index contributed by atoms with van der Waals surface area (Å²) in [4.78, 5) is 1.26. The fourth-order valence-corrected chi connectivity index (χ4v) is 2.50. The van der Waals surface area contributed by atoms with Crippen LogP contribution >= 0.6 is 0 Å². The highest BCUT2D eigenvalue weighted by Gasteiger charge is 2.03. The third kappa shape index (κ3) is 4.72. The number of benzene rings is 2. The van der Waals surface area contributed by atoms with Gasteiger partial charge in [0.25, 0.3) is 0 Å². The molecule has 1 N–H and O–H groups in total. The minimum Gasteiger partial charge on any atom is -1.00 e. The minimum absolute atomic E-state index is 0. The van der Waals surface area contributed by atoms with Crippen LogP contribution in [0, 0.1) is 0 Å². The number of hydrogen-bond acceptors (Lipinski definition) is 1.